The van der Waals surface area contributed by atoms with Crippen molar-refractivity contribution in [3.63, 3.8) is 0 Å². The highest BCUT2D eigenvalue weighted by atomic mass is 16.7. The van der Waals surface area contributed by atoms with Gasteiger partial charge < -0.3 is 38.9 Å². The summed E-state index contributed by atoms with van der Waals surface area (Å²) >= 11 is 0. The Hall–Kier alpha value is -4.64. The van der Waals surface area contributed by atoms with Crippen molar-refractivity contribution >= 4 is 11.8 Å². The number of benzene rings is 3. The summed E-state index contributed by atoms with van der Waals surface area (Å²) in [5, 5.41) is 24.7. The predicted octanol–water partition coefficient (Wildman–Crippen LogP) is 9.80. The van der Waals surface area contributed by atoms with Gasteiger partial charge in [0.2, 0.25) is 5.79 Å². The van der Waals surface area contributed by atoms with E-state index in [2.05, 4.69) is 38.6 Å². The average molecular weight is 795 g/mol. The molecular formula is C48H62N2O8. The minimum Gasteiger partial charge on any atom is -0.459 e. The van der Waals surface area contributed by atoms with Gasteiger partial charge in [0.05, 0.1) is 18.2 Å². The number of hydrogen-bond donors (Lipinski definition) is 2. The van der Waals surface area contributed by atoms with E-state index in [0.29, 0.717) is 24.3 Å². The quantitative estimate of drug-likeness (QED) is 0.0788. The van der Waals surface area contributed by atoms with Gasteiger partial charge in [-0.25, -0.2) is 4.79 Å². The number of nitrogens with zero attached hydrogens (tertiary/aromatic N) is 2. The first-order valence-corrected chi connectivity index (χ1v) is 20.8. The summed E-state index contributed by atoms with van der Waals surface area (Å²) in [6, 6.07) is 21.0. The Kier molecular flexibility index (Phi) is 14.0. The molecule has 1 amide bonds. The Balaban J connectivity index is 1.54. The van der Waals surface area contributed by atoms with E-state index >= 15 is 0 Å². The third-order valence-electron chi connectivity index (χ3n) is 11.7. The van der Waals surface area contributed by atoms with Crippen molar-refractivity contribution in [1.29, 1.82) is 0 Å². The van der Waals surface area contributed by atoms with Gasteiger partial charge in [-0.3, -0.25) is 0 Å². The molecule has 2 N–H and O–H groups in total. The van der Waals surface area contributed by atoms with E-state index in [1.807, 2.05) is 75.4 Å². The lowest BCUT2D eigenvalue weighted by atomic mass is 9.55. The van der Waals surface area contributed by atoms with E-state index < -0.39 is 29.4 Å². The first-order chi connectivity index (χ1) is 27.9. The largest absolute Gasteiger partial charge is 0.459 e. The van der Waals surface area contributed by atoms with Crippen LogP contribution in [0.15, 0.2) is 96.2 Å². The van der Waals surface area contributed by atoms with Crippen molar-refractivity contribution in [2.75, 3.05) is 26.9 Å². The van der Waals surface area contributed by atoms with Gasteiger partial charge in [-0.1, -0.05) is 66.5 Å². The molecule has 58 heavy (non-hydrogen) atoms. The zero-order chi connectivity index (χ0) is 41.5. The van der Waals surface area contributed by atoms with Gasteiger partial charge in [0.1, 0.15) is 35.5 Å². The van der Waals surface area contributed by atoms with Gasteiger partial charge in [0.25, 0.3) is 0 Å². The highest BCUT2D eigenvalue weighted by molar-refractivity contribution is 6.03. The van der Waals surface area contributed by atoms with Gasteiger partial charge >= 0.3 is 6.09 Å². The number of carbonyl (C=O) groups excluding carboxylic acids is 1. The first kappa shape index (κ1) is 43.0. The SMILES string of the molecule is C=CCO[C@@]12Oc3ccc(Oc4ccc(C)c(C)c4)cc3[C@H]3[C@H](CCCCO)[C@@H](CCCCO)C=C(C(=NOC(C)(C)C)C[C@@H]1N(C)C(=O)OCc1ccccc1)[C@H]32. The fraction of sp³-hybridized carbons (Fsp3) is 0.500. The fourth-order valence-electron chi connectivity index (χ4n) is 8.85. The molecule has 1 aliphatic heterocycles. The Morgan fingerprint density at radius 2 is 1.67 bits per heavy atom. The predicted molar refractivity (Wildman–Crippen MR) is 226 cm³/mol. The second-order valence-corrected chi connectivity index (χ2v) is 17.0. The van der Waals surface area contributed by atoms with Crippen molar-refractivity contribution in [3.8, 4) is 17.2 Å². The molecule has 0 unspecified atom stereocenters. The van der Waals surface area contributed by atoms with Crippen LogP contribution in [-0.2, 0) is 20.9 Å². The van der Waals surface area contributed by atoms with Crippen LogP contribution in [0.25, 0.3) is 0 Å². The number of likely N-dealkylation sites (N-methyl/N-ethyl adjacent to an activating group) is 1. The van der Waals surface area contributed by atoms with Crippen molar-refractivity contribution in [2.45, 2.75) is 110 Å². The second-order valence-electron chi connectivity index (χ2n) is 17.0. The summed E-state index contributed by atoms with van der Waals surface area (Å²) in [5.41, 5.74) is 5.32. The maximum absolute atomic E-state index is 14.1. The molecule has 1 heterocycles. The molecule has 0 bridgehead atoms. The highest BCUT2D eigenvalue weighted by Crippen LogP contribution is 2.62. The summed E-state index contributed by atoms with van der Waals surface area (Å²) in [6.45, 7) is 14.6. The molecule has 0 saturated heterocycles. The fourth-order valence-corrected chi connectivity index (χ4v) is 8.85. The van der Waals surface area contributed by atoms with Gasteiger partial charge in [-0.15, -0.1) is 6.58 Å². The van der Waals surface area contributed by atoms with Gasteiger partial charge in [0.15, 0.2) is 0 Å². The van der Waals surface area contributed by atoms with E-state index in [1.165, 1.54) is 5.56 Å². The van der Waals surface area contributed by atoms with E-state index in [9.17, 15) is 15.0 Å². The molecule has 1 fully saturated rings. The van der Waals surface area contributed by atoms with Gasteiger partial charge in [-0.05, 0) is 125 Å². The molecule has 10 heteroatoms. The monoisotopic (exact) mass is 794 g/mol. The zero-order valence-electron chi connectivity index (χ0n) is 35.1. The topological polar surface area (TPSA) is 119 Å². The molecule has 312 valence electrons. The Bertz CT molecular complexity index is 1940. The third kappa shape index (κ3) is 9.62. The van der Waals surface area contributed by atoms with Crippen LogP contribution in [0.2, 0.25) is 0 Å². The van der Waals surface area contributed by atoms with Crippen molar-refractivity contribution in [1.82, 2.24) is 4.90 Å². The van der Waals surface area contributed by atoms with E-state index in [-0.39, 0.29) is 50.6 Å². The van der Waals surface area contributed by atoms with E-state index in [1.54, 1.807) is 18.0 Å². The zero-order valence-corrected chi connectivity index (χ0v) is 35.1. The van der Waals surface area contributed by atoms with Crippen LogP contribution in [0.5, 0.6) is 17.2 Å². The minimum atomic E-state index is -1.37. The van der Waals surface area contributed by atoms with E-state index in [4.69, 9.17) is 28.9 Å². The molecule has 3 aliphatic rings. The molecule has 6 atom stereocenters. The molecule has 2 aliphatic carbocycles. The van der Waals surface area contributed by atoms with Crippen molar-refractivity contribution < 1.29 is 38.8 Å². The average Bonchev–Trinajstić information content (AvgIpc) is 3.21. The van der Waals surface area contributed by atoms with Crippen LogP contribution >= 0.6 is 0 Å². The van der Waals surface area contributed by atoms with Crippen molar-refractivity contribution in [2.24, 2.45) is 22.9 Å². The number of rotatable bonds is 17. The number of fused-ring (bicyclic) bond motifs is 2. The number of ether oxygens (including phenoxy) is 4. The second kappa shape index (κ2) is 19.0. The van der Waals surface area contributed by atoms with Gasteiger partial charge in [-0.2, -0.15) is 0 Å². The summed E-state index contributed by atoms with van der Waals surface area (Å²) in [5.74, 6) is 0.301. The van der Waals surface area contributed by atoms with E-state index in [0.717, 1.165) is 59.4 Å². The van der Waals surface area contributed by atoms with Crippen LogP contribution in [0.4, 0.5) is 4.79 Å². The molecule has 1 saturated carbocycles. The molecule has 10 nitrogen and oxygen atoms in total. The number of carbonyl (C=O) groups is 1. The van der Waals surface area contributed by atoms with Crippen LogP contribution in [0.1, 0.15) is 93.9 Å². The molecule has 0 radical (unpaired) electrons. The molecular weight excluding hydrogens is 733 g/mol. The summed E-state index contributed by atoms with van der Waals surface area (Å²) < 4.78 is 26.7. The molecule has 6 rings (SSSR count). The number of amides is 1. The van der Waals surface area contributed by atoms with Crippen LogP contribution in [0.3, 0.4) is 0 Å². The van der Waals surface area contributed by atoms with Crippen molar-refractivity contribution in [3.05, 3.63) is 113 Å². The van der Waals surface area contributed by atoms with Crippen LogP contribution < -0.4 is 9.47 Å². The van der Waals surface area contributed by atoms with Gasteiger partial charge in [0, 0.05) is 38.2 Å². The smallest absolute Gasteiger partial charge is 0.410 e. The number of allylic oxidation sites excluding steroid dienone is 1. The minimum absolute atomic E-state index is 0.0871. The Labute approximate surface area is 344 Å². The normalized spacial score (nSPS) is 24.2. The number of aliphatic hydroxyl groups excluding tert-OH is 2. The number of aryl methyl sites for hydroxylation is 2. The number of hydrogen-bond acceptors (Lipinski definition) is 9. The number of aliphatic hydroxyl groups is 2. The molecule has 0 aromatic heterocycles. The Morgan fingerprint density at radius 3 is 2.36 bits per heavy atom. The molecule has 3 aromatic rings. The molecule has 0 spiro atoms. The Morgan fingerprint density at radius 1 is 0.966 bits per heavy atom. The maximum Gasteiger partial charge on any atom is 0.410 e. The molecule has 3 aromatic carbocycles. The highest BCUT2D eigenvalue weighted by Gasteiger charge is 2.65. The maximum atomic E-state index is 14.1. The lowest BCUT2D eigenvalue weighted by molar-refractivity contribution is -0.253. The summed E-state index contributed by atoms with van der Waals surface area (Å²) in [7, 11) is 1.74. The standard InChI is InChI=1S/C48H62N2O8/c1-8-26-55-48-43(50(7)46(53)54-31-34-16-10-9-11-17-34)30-41(49-58-47(4,5)6)39-28-35(18-12-14-24-51)38(19-13-15-25-52)44(45(39)48)40-29-37(22-23-42(40)57-48)56-36-21-20-32(2)33(3)27-36/h8-11,16-17,20-23,27-29,35,38,43-45,51-52H,1,12-15,18-19,24-26,30-31H2,2-7H3/t35-,38+,43-,44+,45+,48+/m0/s1. The lowest BCUT2D eigenvalue weighted by Gasteiger charge is -2.59. The lowest BCUT2D eigenvalue weighted by Crippen LogP contribution is -2.69. The third-order valence-corrected chi connectivity index (χ3v) is 11.7. The van der Waals surface area contributed by atoms with Crippen LogP contribution in [-0.4, -0.2) is 71.2 Å². The summed E-state index contributed by atoms with van der Waals surface area (Å²) in [6.07, 6.45) is 8.55. The number of oxime groups is 1. The summed E-state index contributed by atoms with van der Waals surface area (Å²) in [4.78, 5) is 21.9. The number of unbranched alkanes of at least 4 members (excludes halogenated alkanes) is 2. The first-order valence-electron chi connectivity index (χ1n) is 20.8. The van der Waals surface area contributed by atoms with Crippen LogP contribution in [0, 0.1) is 31.6 Å².